The highest BCUT2D eigenvalue weighted by atomic mass is 16.5. The maximum absolute atomic E-state index is 6.49. The van der Waals surface area contributed by atoms with Crippen LogP contribution in [0.1, 0.15) is 57.6 Å². The molecule has 4 heteroatoms. The van der Waals surface area contributed by atoms with E-state index in [4.69, 9.17) is 15.2 Å². The summed E-state index contributed by atoms with van der Waals surface area (Å²) >= 11 is 0. The van der Waals surface area contributed by atoms with Crippen LogP contribution in [0, 0.1) is 0 Å². The number of hydrogen-bond donors (Lipinski definition) is 1. The second kappa shape index (κ2) is 6.55. The van der Waals surface area contributed by atoms with Gasteiger partial charge in [0.15, 0.2) is 0 Å². The molecule has 1 atom stereocenters. The summed E-state index contributed by atoms with van der Waals surface area (Å²) in [6.45, 7) is 4.01. The van der Waals surface area contributed by atoms with Gasteiger partial charge in [-0.25, -0.2) is 0 Å². The van der Waals surface area contributed by atoms with Crippen LogP contribution in [0.3, 0.4) is 0 Å². The molecule has 4 nitrogen and oxygen atoms in total. The first-order valence-electron chi connectivity index (χ1n) is 7.50. The Hall–Kier alpha value is -1.13. The predicted octanol–water partition coefficient (Wildman–Crippen LogP) is 3.22. The summed E-state index contributed by atoms with van der Waals surface area (Å²) in [4.78, 5) is 4.26. The molecule has 2 N–H and O–H groups in total. The molecule has 0 saturated heterocycles. The number of aromatic nitrogens is 1. The van der Waals surface area contributed by atoms with Crippen molar-refractivity contribution in [3.05, 3.63) is 24.0 Å². The van der Waals surface area contributed by atoms with Gasteiger partial charge in [0.25, 0.3) is 0 Å². The Bertz CT molecular complexity index is 428. The Morgan fingerprint density at radius 1 is 1.20 bits per heavy atom. The number of pyridine rings is 1. The summed E-state index contributed by atoms with van der Waals surface area (Å²) < 4.78 is 11.5. The van der Waals surface area contributed by atoms with E-state index in [9.17, 15) is 0 Å². The molecule has 1 aliphatic rings. The number of hydrogen-bond acceptors (Lipinski definition) is 4. The van der Waals surface area contributed by atoms with Gasteiger partial charge < -0.3 is 15.2 Å². The maximum Gasteiger partial charge on any atom is 0.138 e. The molecule has 2 rings (SSSR count). The molecule has 0 aromatic carbocycles. The molecule has 0 spiro atoms. The molecule has 0 aliphatic heterocycles. The van der Waals surface area contributed by atoms with Crippen molar-refractivity contribution in [2.24, 2.45) is 5.73 Å². The Labute approximate surface area is 121 Å². The molecule has 1 aromatic heterocycles. The van der Waals surface area contributed by atoms with E-state index in [0.717, 1.165) is 24.2 Å². The fourth-order valence-corrected chi connectivity index (χ4v) is 3.04. The first-order valence-corrected chi connectivity index (χ1v) is 7.50. The highest BCUT2D eigenvalue weighted by molar-refractivity contribution is 5.28. The van der Waals surface area contributed by atoms with Crippen molar-refractivity contribution >= 4 is 0 Å². The smallest absolute Gasteiger partial charge is 0.138 e. The monoisotopic (exact) mass is 278 g/mol. The molecular formula is C16H26N2O2. The van der Waals surface area contributed by atoms with Gasteiger partial charge in [0.2, 0.25) is 0 Å². The van der Waals surface area contributed by atoms with E-state index < -0.39 is 0 Å². The SMILES string of the molecule is COC1(C(N)c2cncc(OC(C)C)c2)CCCCC1. The second-order valence-corrected chi connectivity index (χ2v) is 5.93. The number of nitrogens with two attached hydrogens (primary N) is 1. The normalized spacial score (nSPS) is 19.9. The molecule has 0 bridgehead atoms. The van der Waals surface area contributed by atoms with Gasteiger partial charge in [0.1, 0.15) is 5.75 Å². The van der Waals surface area contributed by atoms with Crippen molar-refractivity contribution in [1.29, 1.82) is 0 Å². The van der Waals surface area contributed by atoms with Crippen LogP contribution >= 0.6 is 0 Å². The summed E-state index contributed by atoms with van der Waals surface area (Å²) in [6.07, 6.45) is 9.35. The maximum atomic E-state index is 6.49. The molecule has 1 fully saturated rings. The first kappa shape index (κ1) is 15.3. The summed E-state index contributed by atoms with van der Waals surface area (Å²) in [5.74, 6) is 0.773. The zero-order chi connectivity index (χ0) is 14.6. The zero-order valence-corrected chi connectivity index (χ0v) is 12.8. The molecule has 1 unspecified atom stereocenters. The lowest BCUT2D eigenvalue weighted by Crippen LogP contribution is -2.44. The lowest BCUT2D eigenvalue weighted by Gasteiger charge is -2.40. The highest BCUT2D eigenvalue weighted by Crippen LogP contribution is 2.40. The van der Waals surface area contributed by atoms with Crippen LogP contribution in [0.25, 0.3) is 0 Å². The van der Waals surface area contributed by atoms with Crippen molar-refractivity contribution in [3.8, 4) is 5.75 Å². The van der Waals surface area contributed by atoms with Gasteiger partial charge in [-0.2, -0.15) is 0 Å². The van der Waals surface area contributed by atoms with Crippen LogP contribution in [0.4, 0.5) is 0 Å². The van der Waals surface area contributed by atoms with Gasteiger partial charge in [-0.3, -0.25) is 4.98 Å². The van der Waals surface area contributed by atoms with Crippen molar-refractivity contribution < 1.29 is 9.47 Å². The van der Waals surface area contributed by atoms with E-state index in [0.29, 0.717) is 0 Å². The van der Waals surface area contributed by atoms with Crippen molar-refractivity contribution in [2.45, 2.75) is 63.7 Å². The fourth-order valence-electron chi connectivity index (χ4n) is 3.04. The molecule has 1 saturated carbocycles. The van der Waals surface area contributed by atoms with E-state index in [2.05, 4.69) is 4.98 Å². The van der Waals surface area contributed by atoms with Crippen LogP contribution in [0.5, 0.6) is 5.75 Å². The molecule has 1 aliphatic carbocycles. The van der Waals surface area contributed by atoms with Gasteiger partial charge >= 0.3 is 0 Å². The minimum Gasteiger partial charge on any atom is -0.489 e. The van der Waals surface area contributed by atoms with Gasteiger partial charge in [-0.05, 0) is 38.3 Å². The Balaban J connectivity index is 2.20. The van der Waals surface area contributed by atoms with Crippen LogP contribution in [0.15, 0.2) is 18.5 Å². The molecule has 0 amide bonds. The average Bonchev–Trinajstić information content (AvgIpc) is 2.47. The molecule has 1 aromatic rings. The third-order valence-corrected chi connectivity index (χ3v) is 4.14. The standard InChI is InChI=1S/C16H26N2O2/c1-12(2)20-14-9-13(10-18-11-14)15(17)16(19-3)7-5-4-6-8-16/h9-12,15H,4-8,17H2,1-3H3. The average molecular weight is 278 g/mol. The van der Waals surface area contributed by atoms with Gasteiger partial charge in [-0.1, -0.05) is 19.3 Å². The minimum absolute atomic E-state index is 0.134. The summed E-state index contributed by atoms with van der Waals surface area (Å²) in [7, 11) is 1.77. The fraction of sp³-hybridized carbons (Fsp3) is 0.688. The number of rotatable bonds is 5. The van der Waals surface area contributed by atoms with Crippen LogP contribution in [-0.4, -0.2) is 23.8 Å². The predicted molar refractivity (Wildman–Crippen MR) is 79.8 cm³/mol. The quantitative estimate of drug-likeness (QED) is 0.898. The summed E-state index contributed by atoms with van der Waals surface area (Å²) in [5.41, 5.74) is 7.23. The number of methoxy groups -OCH3 is 1. The number of ether oxygens (including phenoxy) is 2. The molecule has 112 valence electrons. The van der Waals surface area contributed by atoms with Crippen molar-refractivity contribution in [1.82, 2.24) is 4.98 Å². The number of nitrogens with zero attached hydrogens (tertiary/aromatic N) is 1. The van der Waals surface area contributed by atoms with Crippen LogP contribution in [0.2, 0.25) is 0 Å². The first-order chi connectivity index (χ1) is 9.57. The van der Waals surface area contributed by atoms with Crippen LogP contribution < -0.4 is 10.5 Å². The van der Waals surface area contributed by atoms with E-state index in [1.165, 1.54) is 19.3 Å². The lowest BCUT2D eigenvalue weighted by molar-refractivity contribution is -0.0596. The topological polar surface area (TPSA) is 57.4 Å². The zero-order valence-electron chi connectivity index (χ0n) is 12.8. The van der Waals surface area contributed by atoms with Crippen molar-refractivity contribution in [2.75, 3.05) is 7.11 Å². The van der Waals surface area contributed by atoms with E-state index in [1.807, 2.05) is 26.1 Å². The molecular weight excluding hydrogens is 252 g/mol. The van der Waals surface area contributed by atoms with Crippen LogP contribution in [-0.2, 0) is 4.74 Å². The molecule has 0 radical (unpaired) electrons. The largest absolute Gasteiger partial charge is 0.489 e. The molecule has 1 heterocycles. The van der Waals surface area contributed by atoms with Gasteiger partial charge in [-0.15, -0.1) is 0 Å². The van der Waals surface area contributed by atoms with Crippen molar-refractivity contribution in [3.63, 3.8) is 0 Å². The Morgan fingerprint density at radius 3 is 2.50 bits per heavy atom. The Kier molecular flexibility index (Phi) is 5.00. The summed E-state index contributed by atoms with van der Waals surface area (Å²) in [5, 5.41) is 0. The lowest BCUT2D eigenvalue weighted by atomic mass is 9.77. The van der Waals surface area contributed by atoms with E-state index in [1.54, 1.807) is 13.3 Å². The van der Waals surface area contributed by atoms with Gasteiger partial charge in [0.05, 0.1) is 23.9 Å². The third-order valence-electron chi connectivity index (χ3n) is 4.14. The Morgan fingerprint density at radius 2 is 1.90 bits per heavy atom. The third kappa shape index (κ3) is 3.30. The minimum atomic E-state index is -0.254. The molecule has 20 heavy (non-hydrogen) atoms. The highest BCUT2D eigenvalue weighted by Gasteiger charge is 2.39. The van der Waals surface area contributed by atoms with E-state index >= 15 is 0 Å². The second-order valence-electron chi connectivity index (χ2n) is 5.93. The van der Waals surface area contributed by atoms with E-state index in [-0.39, 0.29) is 17.7 Å². The summed E-state index contributed by atoms with van der Waals surface area (Å²) in [6, 6.07) is 1.84. The van der Waals surface area contributed by atoms with Gasteiger partial charge in [0, 0.05) is 13.3 Å².